The predicted octanol–water partition coefficient (Wildman–Crippen LogP) is 5.64. The fourth-order valence-corrected chi connectivity index (χ4v) is 6.61. The summed E-state index contributed by atoms with van der Waals surface area (Å²) in [6.07, 6.45) is 5.87. The van der Waals surface area contributed by atoms with Crippen LogP contribution in [0.3, 0.4) is 0 Å². The highest BCUT2D eigenvalue weighted by molar-refractivity contribution is 9.10. The zero-order valence-corrected chi connectivity index (χ0v) is 24.3. The highest BCUT2D eigenvalue weighted by Gasteiger charge is 2.25. The minimum absolute atomic E-state index is 0.182. The van der Waals surface area contributed by atoms with Gasteiger partial charge in [-0.2, -0.15) is 5.10 Å². The smallest absolute Gasteiger partial charge is 0.263 e. The third kappa shape index (κ3) is 5.77. The van der Waals surface area contributed by atoms with Gasteiger partial charge < -0.3 is 9.47 Å². The minimum Gasteiger partial charge on any atom is -0.493 e. The van der Waals surface area contributed by atoms with Crippen LogP contribution in [0.1, 0.15) is 47.9 Å². The number of halogens is 1. The summed E-state index contributed by atoms with van der Waals surface area (Å²) in [5, 5.41) is 4.76. The van der Waals surface area contributed by atoms with Crippen LogP contribution in [-0.2, 0) is 24.2 Å². The summed E-state index contributed by atoms with van der Waals surface area (Å²) in [5.74, 6) is 1.29. The van der Waals surface area contributed by atoms with Crippen LogP contribution in [0.5, 0.6) is 11.5 Å². The first-order valence-electron chi connectivity index (χ1n) is 12.7. The van der Waals surface area contributed by atoms with Crippen LogP contribution in [-0.4, -0.2) is 28.8 Å². The highest BCUT2D eigenvalue weighted by Crippen LogP contribution is 2.37. The molecule has 1 amide bonds. The summed E-state index contributed by atoms with van der Waals surface area (Å²) in [4.78, 5) is 32.7. The number of hydrogen-bond donors (Lipinski definition) is 1. The molecule has 0 bridgehead atoms. The molecule has 1 aliphatic rings. The van der Waals surface area contributed by atoms with Gasteiger partial charge in [0, 0.05) is 4.88 Å². The molecule has 2 aromatic heterocycles. The van der Waals surface area contributed by atoms with Gasteiger partial charge in [0.1, 0.15) is 17.5 Å². The van der Waals surface area contributed by atoms with E-state index in [1.807, 2.05) is 36.4 Å². The Hall–Kier alpha value is -3.50. The van der Waals surface area contributed by atoms with Gasteiger partial charge in [0.15, 0.2) is 11.5 Å². The van der Waals surface area contributed by atoms with Gasteiger partial charge in [0.2, 0.25) is 0 Å². The van der Waals surface area contributed by atoms with E-state index in [-0.39, 0.29) is 5.56 Å². The molecule has 39 heavy (non-hydrogen) atoms. The minimum atomic E-state index is -0.778. The second kappa shape index (κ2) is 11.7. The van der Waals surface area contributed by atoms with Crippen molar-refractivity contribution in [3.05, 3.63) is 85.2 Å². The molecular weight excluding hydrogens is 580 g/mol. The summed E-state index contributed by atoms with van der Waals surface area (Å²) in [6.45, 7) is 4.29. The number of benzene rings is 2. The predicted molar refractivity (Wildman–Crippen MR) is 157 cm³/mol. The largest absolute Gasteiger partial charge is 0.493 e. The number of carbonyl (C=O) groups excluding carboxylic acids is 1. The van der Waals surface area contributed by atoms with Crippen molar-refractivity contribution in [3.8, 4) is 11.5 Å². The van der Waals surface area contributed by atoms with Crippen molar-refractivity contribution in [1.29, 1.82) is 0 Å². The van der Waals surface area contributed by atoms with Crippen molar-refractivity contribution in [3.63, 3.8) is 0 Å². The average molecular weight is 610 g/mol. The van der Waals surface area contributed by atoms with Crippen molar-refractivity contribution in [2.24, 2.45) is 11.0 Å². The first-order valence-corrected chi connectivity index (χ1v) is 14.3. The molecule has 0 radical (unpaired) electrons. The fourth-order valence-electron chi connectivity index (χ4n) is 4.69. The van der Waals surface area contributed by atoms with Crippen LogP contribution in [0.4, 0.5) is 0 Å². The molecule has 4 aromatic rings. The van der Waals surface area contributed by atoms with Gasteiger partial charge in [0.05, 0.1) is 29.5 Å². The molecule has 2 heterocycles. The highest BCUT2D eigenvalue weighted by atomic mass is 79.9. The molecule has 0 spiro atoms. The third-order valence-electron chi connectivity index (χ3n) is 6.90. The number of hydrazone groups is 1. The second-order valence-electron chi connectivity index (χ2n) is 9.71. The third-order valence-corrected chi connectivity index (χ3v) is 8.66. The van der Waals surface area contributed by atoms with E-state index in [1.54, 1.807) is 31.4 Å². The Morgan fingerprint density at radius 3 is 2.90 bits per heavy atom. The molecule has 0 fully saturated rings. The number of amides is 1. The molecule has 5 rings (SSSR count). The zero-order chi connectivity index (χ0) is 27.5. The monoisotopic (exact) mass is 608 g/mol. The van der Waals surface area contributed by atoms with Gasteiger partial charge >= 0.3 is 0 Å². The van der Waals surface area contributed by atoms with E-state index in [4.69, 9.17) is 9.47 Å². The van der Waals surface area contributed by atoms with Crippen molar-refractivity contribution in [2.75, 3.05) is 7.11 Å². The first kappa shape index (κ1) is 27.1. The van der Waals surface area contributed by atoms with Gasteiger partial charge in [-0.1, -0.05) is 37.3 Å². The number of fused-ring (bicyclic) bond motifs is 3. The molecule has 0 saturated carbocycles. The van der Waals surface area contributed by atoms with Crippen molar-refractivity contribution in [1.82, 2.24) is 15.0 Å². The first-order chi connectivity index (χ1) is 18.9. The molecule has 0 unspecified atom stereocenters. The number of rotatable bonds is 8. The van der Waals surface area contributed by atoms with E-state index < -0.39 is 11.9 Å². The Balaban J connectivity index is 1.28. The van der Waals surface area contributed by atoms with Gasteiger partial charge in [-0.05, 0) is 76.9 Å². The van der Waals surface area contributed by atoms with Gasteiger partial charge in [0.25, 0.3) is 11.5 Å². The Bertz CT molecular complexity index is 1600. The van der Waals surface area contributed by atoms with E-state index in [0.29, 0.717) is 39.4 Å². The molecule has 1 N–H and O–H groups in total. The Kier molecular flexibility index (Phi) is 8.13. The van der Waals surface area contributed by atoms with E-state index in [0.717, 1.165) is 35.2 Å². The number of aromatic nitrogens is 2. The topological polar surface area (TPSA) is 94.8 Å². The quantitative estimate of drug-likeness (QED) is 0.206. The zero-order valence-electron chi connectivity index (χ0n) is 21.9. The number of methoxy groups -OCH3 is 1. The Labute approximate surface area is 238 Å². The maximum Gasteiger partial charge on any atom is 0.263 e. The normalized spacial score (nSPS) is 15.7. The van der Waals surface area contributed by atoms with Crippen LogP contribution in [0.25, 0.3) is 10.2 Å². The summed E-state index contributed by atoms with van der Waals surface area (Å²) >= 11 is 5.14. The standard InChI is InChI=1S/C29H29BrN4O4S/c1-17-9-10-21-24(11-17)39-28-25(21)29(36)34(16-31-28)18(2)27(35)33-32-14-20-12-22(30)26(23(13-20)37-3)38-15-19-7-5-4-6-8-19/h4-8,12-14,16-18H,9-11,15H2,1-3H3,(H,33,35)/b32-14-/t17-,18-/m1/s1. The van der Waals surface area contributed by atoms with Gasteiger partial charge in [-0.3, -0.25) is 14.2 Å². The number of ether oxygens (including phenoxy) is 2. The van der Waals surface area contributed by atoms with Crippen molar-refractivity contribution < 1.29 is 14.3 Å². The molecule has 0 aliphatic heterocycles. The lowest BCUT2D eigenvalue weighted by atomic mass is 9.89. The van der Waals surface area contributed by atoms with Crippen molar-refractivity contribution in [2.45, 2.75) is 45.8 Å². The Morgan fingerprint density at radius 2 is 2.13 bits per heavy atom. The summed E-state index contributed by atoms with van der Waals surface area (Å²) in [6, 6.07) is 12.7. The molecule has 0 saturated heterocycles. The lowest BCUT2D eigenvalue weighted by Gasteiger charge is -2.18. The SMILES string of the molecule is COc1cc(/C=N\NC(=O)[C@@H](C)n2cnc3sc4c(c3c2=O)CC[C@@H](C)C4)cc(Br)c1OCc1ccccc1. The molecule has 8 nitrogen and oxygen atoms in total. The fraction of sp³-hybridized carbons (Fsp3) is 0.310. The van der Waals surface area contributed by atoms with E-state index >= 15 is 0 Å². The molecule has 202 valence electrons. The lowest BCUT2D eigenvalue weighted by Crippen LogP contribution is -2.34. The molecule has 2 atom stereocenters. The maximum atomic E-state index is 13.3. The molecule has 2 aromatic carbocycles. The van der Waals surface area contributed by atoms with Crippen LogP contribution in [0, 0.1) is 5.92 Å². The average Bonchev–Trinajstić information content (AvgIpc) is 3.30. The van der Waals surface area contributed by atoms with Crippen LogP contribution < -0.4 is 20.5 Å². The number of carbonyl (C=O) groups is 1. The van der Waals surface area contributed by atoms with Crippen molar-refractivity contribution >= 4 is 49.6 Å². The molecular formula is C29H29BrN4O4S. The lowest BCUT2D eigenvalue weighted by molar-refractivity contribution is -0.123. The second-order valence-corrected chi connectivity index (χ2v) is 11.6. The number of hydrogen-bond acceptors (Lipinski definition) is 7. The molecule has 10 heteroatoms. The van der Waals surface area contributed by atoms with E-state index in [1.165, 1.54) is 22.0 Å². The van der Waals surface area contributed by atoms with E-state index in [9.17, 15) is 9.59 Å². The van der Waals surface area contributed by atoms with Crippen LogP contribution in [0.2, 0.25) is 0 Å². The Morgan fingerprint density at radius 1 is 1.33 bits per heavy atom. The summed E-state index contributed by atoms with van der Waals surface area (Å²) in [5.41, 5.74) is 5.19. The summed E-state index contributed by atoms with van der Waals surface area (Å²) in [7, 11) is 1.56. The van der Waals surface area contributed by atoms with E-state index in [2.05, 4.69) is 38.4 Å². The van der Waals surface area contributed by atoms with Crippen LogP contribution >= 0.6 is 27.3 Å². The van der Waals surface area contributed by atoms with Crippen LogP contribution in [0.15, 0.2) is 63.2 Å². The van der Waals surface area contributed by atoms with Gasteiger partial charge in [-0.15, -0.1) is 11.3 Å². The number of nitrogens with zero attached hydrogens (tertiary/aromatic N) is 3. The number of aryl methyl sites for hydroxylation is 1. The van der Waals surface area contributed by atoms with Gasteiger partial charge in [-0.25, -0.2) is 10.4 Å². The number of thiophene rings is 1. The maximum absolute atomic E-state index is 13.3. The number of nitrogens with one attached hydrogen (secondary N) is 1. The molecule has 1 aliphatic carbocycles. The summed E-state index contributed by atoms with van der Waals surface area (Å²) < 4.78 is 13.6.